The van der Waals surface area contributed by atoms with Crippen LogP contribution in [0.4, 0.5) is 0 Å². The summed E-state index contributed by atoms with van der Waals surface area (Å²) in [6.07, 6.45) is 1.82. The van der Waals surface area contributed by atoms with Gasteiger partial charge in [0.1, 0.15) is 0 Å². The van der Waals surface area contributed by atoms with Crippen molar-refractivity contribution in [3.8, 4) is 0 Å². The number of thiazole rings is 1. The molecule has 1 nitrogen and oxygen atoms in total. The fourth-order valence-electron chi connectivity index (χ4n) is 0.589. The van der Waals surface area contributed by atoms with Gasteiger partial charge in [0.05, 0.1) is 10.6 Å². The van der Waals surface area contributed by atoms with Crippen molar-refractivity contribution in [1.29, 1.82) is 0 Å². The first-order chi connectivity index (χ1) is 4.77. The van der Waals surface area contributed by atoms with Crippen LogP contribution in [0.5, 0.6) is 0 Å². The number of rotatable bonds is 2. The van der Waals surface area contributed by atoms with Crippen molar-refractivity contribution >= 4 is 49.3 Å². The summed E-state index contributed by atoms with van der Waals surface area (Å²) < 4.78 is 0.914. The molecule has 0 aliphatic heterocycles. The van der Waals surface area contributed by atoms with E-state index < -0.39 is 0 Å². The van der Waals surface area contributed by atoms with Crippen LogP contribution in [-0.2, 0) is 5.33 Å². The van der Waals surface area contributed by atoms with E-state index in [9.17, 15) is 0 Å². The van der Waals surface area contributed by atoms with E-state index >= 15 is 0 Å². The third-order valence-corrected chi connectivity index (χ3v) is 3.09. The van der Waals surface area contributed by atoms with Crippen molar-refractivity contribution in [2.24, 2.45) is 0 Å². The molecule has 0 aliphatic rings. The van der Waals surface area contributed by atoms with E-state index in [1.54, 1.807) is 11.3 Å². The summed E-state index contributed by atoms with van der Waals surface area (Å²) in [6.45, 7) is 3.68. The Labute approximate surface area is 80.4 Å². The van der Waals surface area contributed by atoms with Gasteiger partial charge >= 0.3 is 0 Å². The van der Waals surface area contributed by atoms with Gasteiger partial charge in [-0.25, -0.2) is 4.98 Å². The maximum absolute atomic E-state index is 4.22. The second-order valence-corrected chi connectivity index (χ2v) is 4.48. The Morgan fingerprint density at radius 1 is 1.70 bits per heavy atom. The van der Waals surface area contributed by atoms with Gasteiger partial charge in [-0.3, -0.25) is 0 Å². The Bertz CT molecular complexity index is 244. The number of alkyl halides is 1. The van der Waals surface area contributed by atoms with Gasteiger partial charge < -0.3 is 0 Å². The largest absolute Gasteiger partial charge is 0.233 e. The predicted octanol–water partition coefficient (Wildman–Crippen LogP) is 3.44. The van der Waals surface area contributed by atoms with Crippen LogP contribution in [-0.4, -0.2) is 4.98 Å². The van der Waals surface area contributed by atoms with Gasteiger partial charge in [0.2, 0.25) is 0 Å². The maximum Gasteiger partial charge on any atom is 0.159 e. The van der Waals surface area contributed by atoms with Crippen molar-refractivity contribution in [3.63, 3.8) is 0 Å². The summed E-state index contributed by atoms with van der Waals surface area (Å²) in [5.74, 6) is 0. The van der Waals surface area contributed by atoms with Crippen LogP contribution in [0.15, 0.2) is 10.5 Å². The van der Waals surface area contributed by atoms with Gasteiger partial charge in [-0.15, -0.1) is 11.3 Å². The lowest BCUT2D eigenvalue weighted by molar-refractivity contribution is 1.22. The second kappa shape index (κ2) is 3.64. The maximum atomic E-state index is 4.22. The number of hydrogen-bond acceptors (Lipinski definition) is 2. The standard InChI is InChI=1S/C6H5Br2NS/c1-2-5-4(3-7)9-6(8)10-5/h2H,1,3H2. The van der Waals surface area contributed by atoms with Crippen molar-refractivity contribution in [1.82, 2.24) is 4.98 Å². The number of halogens is 2. The van der Waals surface area contributed by atoms with Crippen molar-refractivity contribution in [3.05, 3.63) is 21.1 Å². The van der Waals surface area contributed by atoms with Crippen LogP contribution < -0.4 is 0 Å². The van der Waals surface area contributed by atoms with E-state index in [4.69, 9.17) is 0 Å². The third-order valence-electron chi connectivity index (χ3n) is 1.01. The molecule has 0 fully saturated rings. The summed E-state index contributed by atoms with van der Waals surface area (Å²) >= 11 is 8.24. The molecule has 0 N–H and O–H groups in total. The zero-order valence-corrected chi connectivity index (χ0v) is 9.09. The molecule has 0 bridgehead atoms. The molecule has 0 atom stereocenters. The predicted molar refractivity (Wildman–Crippen MR) is 52.5 cm³/mol. The highest BCUT2D eigenvalue weighted by atomic mass is 79.9. The molecule has 4 heteroatoms. The minimum atomic E-state index is 0.788. The molecular formula is C6H5Br2NS. The quantitative estimate of drug-likeness (QED) is 0.757. The third kappa shape index (κ3) is 1.68. The lowest BCUT2D eigenvalue weighted by Crippen LogP contribution is -1.77. The van der Waals surface area contributed by atoms with Gasteiger partial charge in [0.15, 0.2) is 3.92 Å². The minimum absolute atomic E-state index is 0.788. The Hall–Kier alpha value is 0.330. The second-order valence-electron chi connectivity index (χ2n) is 1.62. The molecule has 0 saturated carbocycles. The molecule has 0 spiro atoms. The fraction of sp³-hybridized carbons (Fsp3) is 0.167. The molecule has 0 aliphatic carbocycles. The van der Waals surface area contributed by atoms with Crippen molar-refractivity contribution < 1.29 is 0 Å². The van der Waals surface area contributed by atoms with Crippen LogP contribution in [0, 0.1) is 0 Å². The van der Waals surface area contributed by atoms with Crippen LogP contribution in [0.2, 0.25) is 0 Å². The number of aromatic nitrogens is 1. The van der Waals surface area contributed by atoms with Crippen molar-refractivity contribution in [2.45, 2.75) is 5.33 Å². The molecule has 0 saturated heterocycles. The molecule has 1 aromatic heterocycles. The molecule has 0 aromatic carbocycles. The minimum Gasteiger partial charge on any atom is -0.233 e. The van der Waals surface area contributed by atoms with Gasteiger partial charge in [0.25, 0.3) is 0 Å². The lowest BCUT2D eigenvalue weighted by Gasteiger charge is -1.86. The molecule has 10 heavy (non-hydrogen) atoms. The molecule has 0 radical (unpaired) electrons. The van der Waals surface area contributed by atoms with E-state index in [1.165, 1.54) is 0 Å². The Balaban J connectivity index is 3.08. The summed E-state index contributed by atoms with van der Waals surface area (Å²) in [4.78, 5) is 5.35. The highest BCUT2D eigenvalue weighted by molar-refractivity contribution is 9.11. The highest BCUT2D eigenvalue weighted by Gasteiger charge is 2.03. The van der Waals surface area contributed by atoms with E-state index in [-0.39, 0.29) is 0 Å². The normalized spacial score (nSPS) is 9.80. The summed E-state index contributed by atoms with van der Waals surface area (Å²) in [6, 6.07) is 0. The first-order valence-corrected chi connectivity index (χ1v) is 5.34. The summed E-state index contributed by atoms with van der Waals surface area (Å²) in [5.41, 5.74) is 1.05. The molecule has 0 amide bonds. The molecule has 1 heterocycles. The Kier molecular flexibility index (Phi) is 3.07. The molecule has 1 aromatic rings. The molecular weight excluding hydrogens is 278 g/mol. The van der Waals surface area contributed by atoms with Crippen LogP contribution >= 0.6 is 43.2 Å². The van der Waals surface area contributed by atoms with Crippen LogP contribution in [0.1, 0.15) is 10.6 Å². The Morgan fingerprint density at radius 2 is 2.40 bits per heavy atom. The van der Waals surface area contributed by atoms with Gasteiger partial charge in [-0.2, -0.15) is 0 Å². The summed E-state index contributed by atoms with van der Waals surface area (Å²) in [5, 5.41) is 0.788. The van der Waals surface area contributed by atoms with E-state index in [0.29, 0.717) is 0 Å². The van der Waals surface area contributed by atoms with E-state index in [0.717, 1.165) is 19.8 Å². The monoisotopic (exact) mass is 281 g/mol. The molecule has 54 valence electrons. The number of hydrogen-bond donors (Lipinski definition) is 0. The van der Waals surface area contributed by atoms with Crippen LogP contribution in [0.3, 0.4) is 0 Å². The topological polar surface area (TPSA) is 12.9 Å². The Morgan fingerprint density at radius 3 is 2.80 bits per heavy atom. The highest BCUT2D eigenvalue weighted by Crippen LogP contribution is 2.25. The zero-order chi connectivity index (χ0) is 7.56. The van der Waals surface area contributed by atoms with Gasteiger partial charge in [-0.05, 0) is 15.9 Å². The van der Waals surface area contributed by atoms with E-state index in [2.05, 4.69) is 43.4 Å². The van der Waals surface area contributed by atoms with E-state index in [1.807, 2.05) is 6.08 Å². The number of nitrogens with zero attached hydrogens (tertiary/aromatic N) is 1. The zero-order valence-electron chi connectivity index (χ0n) is 5.10. The average molecular weight is 283 g/mol. The van der Waals surface area contributed by atoms with Crippen molar-refractivity contribution in [2.75, 3.05) is 0 Å². The van der Waals surface area contributed by atoms with Gasteiger partial charge in [0, 0.05) is 5.33 Å². The summed E-state index contributed by atoms with van der Waals surface area (Å²) in [7, 11) is 0. The first-order valence-electron chi connectivity index (χ1n) is 2.61. The lowest BCUT2D eigenvalue weighted by atomic mass is 10.4. The first kappa shape index (κ1) is 8.43. The SMILES string of the molecule is C=Cc1sc(Br)nc1CBr. The van der Waals surface area contributed by atoms with Gasteiger partial charge in [-0.1, -0.05) is 28.6 Å². The fourth-order valence-corrected chi connectivity index (χ4v) is 2.60. The van der Waals surface area contributed by atoms with Crippen LogP contribution in [0.25, 0.3) is 6.08 Å². The molecule has 1 rings (SSSR count). The smallest absolute Gasteiger partial charge is 0.159 e. The average Bonchev–Trinajstić information content (AvgIpc) is 2.30. The molecule has 0 unspecified atom stereocenters.